The van der Waals surface area contributed by atoms with Crippen LogP contribution in [0.15, 0.2) is 138 Å². The zero-order valence-electron chi connectivity index (χ0n) is 21.9. The smallest absolute Gasteiger partial charge is 0.164 e. The van der Waals surface area contributed by atoms with Gasteiger partial charge in [0.05, 0.1) is 5.52 Å². The summed E-state index contributed by atoms with van der Waals surface area (Å²) in [6, 6.07) is 44.6. The fourth-order valence-electron chi connectivity index (χ4n) is 5.35. The van der Waals surface area contributed by atoms with Crippen molar-refractivity contribution in [2.45, 2.75) is 0 Å². The lowest BCUT2D eigenvalue weighted by Gasteiger charge is -2.10. The van der Waals surface area contributed by atoms with E-state index >= 15 is 0 Å². The van der Waals surface area contributed by atoms with E-state index in [0.29, 0.717) is 17.5 Å². The first-order valence-corrected chi connectivity index (χ1v) is 13.5. The van der Waals surface area contributed by atoms with Crippen molar-refractivity contribution >= 4 is 33.0 Å². The van der Waals surface area contributed by atoms with Crippen LogP contribution in [0.5, 0.6) is 0 Å². The Hall–Kier alpha value is -5.68. The molecule has 0 saturated heterocycles. The Bertz CT molecular complexity index is 2130. The van der Waals surface area contributed by atoms with Gasteiger partial charge in [0.15, 0.2) is 23.1 Å². The Balaban J connectivity index is 1.30. The molecule has 3 aromatic heterocycles. The minimum Gasteiger partial charge on any atom is -0.454 e. The third-order valence-electron chi connectivity index (χ3n) is 7.33. The van der Waals surface area contributed by atoms with Crippen LogP contribution in [0.4, 0.5) is 0 Å². The topological polar surface area (TPSA) is 64.7 Å². The SMILES string of the molecule is c1ccc(-c2nc(-c3ccccc3)nc(-c3ccc(-c4c5ccccc5nc5c4oc4ccccc45)cc3)n2)cc1. The molecule has 0 spiro atoms. The molecule has 8 aromatic rings. The first-order valence-electron chi connectivity index (χ1n) is 13.5. The number of aromatic nitrogens is 4. The van der Waals surface area contributed by atoms with Crippen molar-refractivity contribution in [2.24, 2.45) is 0 Å². The van der Waals surface area contributed by atoms with Crippen molar-refractivity contribution in [1.82, 2.24) is 19.9 Å². The average Bonchev–Trinajstić information content (AvgIpc) is 3.42. The highest BCUT2D eigenvalue weighted by molar-refractivity contribution is 6.14. The predicted molar refractivity (Wildman–Crippen MR) is 164 cm³/mol. The Labute approximate surface area is 235 Å². The molecule has 5 aromatic carbocycles. The maximum atomic E-state index is 6.39. The largest absolute Gasteiger partial charge is 0.454 e. The molecular formula is C36H22N4O. The highest BCUT2D eigenvalue weighted by Crippen LogP contribution is 2.39. The summed E-state index contributed by atoms with van der Waals surface area (Å²) in [7, 11) is 0. The summed E-state index contributed by atoms with van der Waals surface area (Å²) in [6.07, 6.45) is 0. The number of hydrogen-bond acceptors (Lipinski definition) is 5. The van der Waals surface area contributed by atoms with Crippen LogP contribution in [-0.2, 0) is 0 Å². The first-order chi connectivity index (χ1) is 20.3. The van der Waals surface area contributed by atoms with Crippen LogP contribution >= 0.6 is 0 Å². The number of nitrogens with zero attached hydrogens (tertiary/aromatic N) is 4. The van der Waals surface area contributed by atoms with Gasteiger partial charge in [0, 0.05) is 33.0 Å². The van der Waals surface area contributed by atoms with Crippen molar-refractivity contribution in [3.63, 3.8) is 0 Å². The number of benzene rings is 5. The Morgan fingerprint density at radius 1 is 0.390 bits per heavy atom. The Morgan fingerprint density at radius 3 is 1.51 bits per heavy atom. The normalized spacial score (nSPS) is 11.4. The van der Waals surface area contributed by atoms with E-state index in [1.54, 1.807) is 0 Å². The summed E-state index contributed by atoms with van der Waals surface area (Å²) in [6.45, 7) is 0. The molecule has 0 bridgehead atoms. The lowest BCUT2D eigenvalue weighted by molar-refractivity contribution is 0.670. The van der Waals surface area contributed by atoms with Gasteiger partial charge in [0.2, 0.25) is 0 Å². The summed E-state index contributed by atoms with van der Waals surface area (Å²) < 4.78 is 6.39. The van der Waals surface area contributed by atoms with E-state index in [1.165, 1.54) is 0 Å². The number of fused-ring (bicyclic) bond motifs is 4. The van der Waals surface area contributed by atoms with Crippen molar-refractivity contribution in [2.75, 3.05) is 0 Å². The molecule has 0 saturated carbocycles. The highest BCUT2D eigenvalue weighted by Gasteiger charge is 2.18. The second-order valence-electron chi connectivity index (χ2n) is 9.90. The molecule has 0 aliphatic rings. The van der Waals surface area contributed by atoms with E-state index < -0.39 is 0 Å². The van der Waals surface area contributed by atoms with E-state index in [1.807, 2.05) is 91.0 Å². The number of pyridine rings is 1. The monoisotopic (exact) mass is 526 g/mol. The van der Waals surface area contributed by atoms with Gasteiger partial charge in [-0.05, 0) is 23.8 Å². The van der Waals surface area contributed by atoms with E-state index in [2.05, 4.69) is 42.5 Å². The van der Waals surface area contributed by atoms with Gasteiger partial charge in [-0.15, -0.1) is 0 Å². The van der Waals surface area contributed by atoms with Crippen molar-refractivity contribution in [3.8, 4) is 45.3 Å². The summed E-state index contributed by atoms with van der Waals surface area (Å²) in [5, 5.41) is 2.06. The van der Waals surface area contributed by atoms with Crippen molar-refractivity contribution < 1.29 is 4.42 Å². The zero-order chi connectivity index (χ0) is 27.2. The number of rotatable bonds is 4. The fraction of sp³-hybridized carbons (Fsp3) is 0. The molecule has 0 N–H and O–H groups in total. The third-order valence-corrected chi connectivity index (χ3v) is 7.33. The van der Waals surface area contributed by atoms with Crippen LogP contribution in [0.3, 0.4) is 0 Å². The van der Waals surface area contributed by atoms with E-state index in [9.17, 15) is 0 Å². The van der Waals surface area contributed by atoms with Gasteiger partial charge >= 0.3 is 0 Å². The molecule has 192 valence electrons. The molecule has 41 heavy (non-hydrogen) atoms. The Morgan fingerprint density at radius 2 is 0.878 bits per heavy atom. The minimum absolute atomic E-state index is 0.623. The summed E-state index contributed by atoms with van der Waals surface area (Å²) in [4.78, 5) is 19.5. The molecule has 0 aliphatic heterocycles. The second-order valence-corrected chi connectivity index (χ2v) is 9.90. The third kappa shape index (κ3) is 4.03. The number of furan rings is 1. The summed E-state index contributed by atoms with van der Waals surface area (Å²) >= 11 is 0. The molecule has 0 aliphatic carbocycles. The van der Waals surface area contributed by atoms with E-state index in [-0.39, 0.29) is 0 Å². The molecule has 0 unspecified atom stereocenters. The van der Waals surface area contributed by atoms with Crippen molar-refractivity contribution in [1.29, 1.82) is 0 Å². The summed E-state index contributed by atoms with van der Waals surface area (Å²) in [5.41, 5.74) is 8.28. The van der Waals surface area contributed by atoms with Crippen LogP contribution in [0, 0.1) is 0 Å². The maximum absolute atomic E-state index is 6.39. The highest BCUT2D eigenvalue weighted by atomic mass is 16.3. The average molecular weight is 527 g/mol. The minimum atomic E-state index is 0.623. The molecular weight excluding hydrogens is 504 g/mol. The molecule has 8 rings (SSSR count). The quantitative estimate of drug-likeness (QED) is 0.229. The van der Waals surface area contributed by atoms with Crippen LogP contribution in [-0.4, -0.2) is 19.9 Å². The number of hydrogen-bond donors (Lipinski definition) is 0. The lowest BCUT2D eigenvalue weighted by atomic mass is 9.98. The molecule has 0 fully saturated rings. The molecule has 0 atom stereocenters. The van der Waals surface area contributed by atoms with Gasteiger partial charge in [0.1, 0.15) is 11.1 Å². The van der Waals surface area contributed by atoms with Gasteiger partial charge in [-0.2, -0.15) is 0 Å². The molecule has 0 radical (unpaired) electrons. The van der Waals surface area contributed by atoms with Crippen LogP contribution in [0.25, 0.3) is 78.3 Å². The van der Waals surface area contributed by atoms with Crippen LogP contribution in [0.2, 0.25) is 0 Å². The fourth-order valence-corrected chi connectivity index (χ4v) is 5.35. The molecule has 5 nitrogen and oxygen atoms in total. The first kappa shape index (κ1) is 23.2. The molecule has 5 heteroatoms. The Kier molecular flexibility index (Phi) is 5.38. The number of para-hydroxylation sites is 2. The van der Waals surface area contributed by atoms with Crippen LogP contribution < -0.4 is 0 Å². The zero-order valence-corrected chi connectivity index (χ0v) is 21.9. The predicted octanol–water partition coefficient (Wildman–Crippen LogP) is 8.99. The van der Waals surface area contributed by atoms with Gasteiger partial charge in [0.25, 0.3) is 0 Å². The van der Waals surface area contributed by atoms with Crippen molar-refractivity contribution in [3.05, 3.63) is 133 Å². The molecule has 3 heterocycles. The van der Waals surface area contributed by atoms with E-state index in [4.69, 9.17) is 24.4 Å². The van der Waals surface area contributed by atoms with E-state index in [0.717, 1.165) is 60.8 Å². The standard InChI is InChI=1S/C36H22N4O/c1-3-11-24(12-4-1)34-38-35(25-13-5-2-6-14-25)40-36(39-34)26-21-19-23(20-22-26)31-27-15-7-9-17-29(27)37-32-28-16-8-10-18-30(28)41-33(31)32/h1-22H. The second kappa shape index (κ2) is 9.50. The van der Waals surface area contributed by atoms with Gasteiger partial charge in [-0.1, -0.05) is 115 Å². The van der Waals surface area contributed by atoms with Crippen LogP contribution in [0.1, 0.15) is 0 Å². The van der Waals surface area contributed by atoms with Gasteiger partial charge in [-0.25, -0.2) is 19.9 Å². The summed E-state index contributed by atoms with van der Waals surface area (Å²) in [5.74, 6) is 1.91. The molecule has 0 amide bonds. The maximum Gasteiger partial charge on any atom is 0.164 e. The lowest BCUT2D eigenvalue weighted by Crippen LogP contribution is -2.00. The van der Waals surface area contributed by atoms with Gasteiger partial charge < -0.3 is 4.42 Å². The van der Waals surface area contributed by atoms with Gasteiger partial charge in [-0.3, -0.25) is 0 Å².